The van der Waals surface area contributed by atoms with Crippen molar-refractivity contribution in [3.05, 3.63) is 86.6 Å². The number of ether oxygens (including phenoxy) is 1. The first kappa shape index (κ1) is 21.2. The highest BCUT2D eigenvalue weighted by Crippen LogP contribution is 2.44. The summed E-state index contributed by atoms with van der Waals surface area (Å²) >= 11 is 7.75. The predicted molar refractivity (Wildman–Crippen MR) is 123 cm³/mol. The maximum absolute atomic E-state index is 13.1. The van der Waals surface area contributed by atoms with Gasteiger partial charge in [-0.15, -0.1) is 11.3 Å². The SMILES string of the molecule is CCOc1ccc(Cl)c(/C(O)=C2/C(=O)C(=O)N(c3ccc(C)cc3)C2c2cccs2)c1. The standard InChI is InChI=1S/C24H20ClNO4S/c1-3-30-16-10-11-18(25)17(13-16)22(27)20-21(19-5-4-12-31-19)26(24(29)23(20)28)15-8-6-14(2)7-9-15/h4-13,21,27H,3H2,1-2H3/b22-20-. The Morgan fingerprint density at radius 2 is 1.90 bits per heavy atom. The number of aliphatic hydroxyl groups excluding tert-OH is 1. The van der Waals surface area contributed by atoms with Crippen molar-refractivity contribution in [2.75, 3.05) is 11.5 Å². The Hall–Kier alpha value is -3.09. The van der Waals surface area contributed by atoms with Gasteiger partial charge in [-0.3, -0.25) is 14.5 Å². The third kappa shape index (κ3) is 3.84. The van der Waals surface area contributed by atoms with Crippen molar-refractivity contribution in [3.63, 3.8) is 0 Å². The minimum absolute atomic E-state index is 0.00331. The Morgan fingerprint density at radius 3 is 2.55 bits per heavy atom. The van der Waals surface area contributed by atoms with E-state index in [0.717, 1.165) is 10.4 Å². The molecule has 1 fully saturated rings. The van der Waals surface area contributed by atoms with Crippen LogP contribution in [0.15, 0.2) is 65.6 Å². The van der Waals surface area contributed by atoms with Gasteiger partial charge in [0.25, 0.3) is 11.7 Å². The van der Waals surface area contributed by atoms with Gasteiger partial charge in [0.15, 0.2) is 0 Å². The van der Waals surface area contributed by atoms with Crippen LogP contribution >= 0.6 is 22.9 Å². The van der Waals surface area contributed by atoms with Gasteiger partial charge in [-0.2, -0.15) is 0 Å². The number of ketones is 1. The number of halogens is 1. The van der Waals surface area contributed by atoms with E-state index in [4.69, 9.17) is 16.3 Å². The summed E-state index contributed by atoms with van der Waals surface area (Å²) in [7, 11) is 0. The molecular formula is C24H20ClNO4S. The third-order valence-corrected chi connectivity index (χ3v) is 6.33. The molecule has 5 nitrogen and oxygen atoms in total. The van der Waals surface area contributed by atoms with Crippen molar-refractivity contribution >= 4 is 46.1 Å². The average Bonchev–Trinajstić information content (AvgIpc) is 3.37. The van der Waals surface area contributed by atoms with Gasteiger partial charge < -0.3 is 9.84 Å². The second-order valence-electron chi connectivity index (χ2n) is 7.09. The van der Waals surface area contributed by atoms with E-state index in [0.29, 0.717) is 18.0 Å². The van der Waals surface area contributed by atoms with Crippen LogP contribution < -0.4 is 9.64 Å². The number of hydrogen-bond acceptors (Lipinski definition) is 5. The molecule has 7 heteroatoms. The van der Waals surface area contributed by atoms with E-state index in [9.17, 15) is 14.7 Å². The Balaban J connectivity index is 1.92. The number of nitrogens with zero attached hydrogens (tertiary/aromatic N) is 1. The summed E-state index contributed by atoms with van der Waals surface area (Å²) < 4.78 is 5.51. The van der Waals surface area contributed by atoms with Gasteiger partial charge in [0.2, 0.25) is 0 Å². The summed E-state index contributed by atoms with van der Waals surface area (Å²) in [5.74, 6) is -1.26. The summed E-state index contributed by atoms with van der Waals surface area (Å²) in [6.07, 6.45) is 0. The molecular weight excluding hydrogens is 434 g/mol. The van der Waals surface area contributed by atoms with Crippen molar-refractivity contribution in [1.82, 2.24) is 0 Å². The number of aliphatic hydroxyl groups is 1. The fraction of sp³-hybridized carbons (Fsp3) is 0.167. The number of benzene rings is 2. The van der Waals surface area contributed by atoms with Crippen LogP contribution in [0.25, 0.3) is 5.76 Å². The molecule has 2 aromatic carbocycles. The first-order chi connectivity index (χ1) is 14.9. The van der Waals surface area contributed by atoms with E-state index in [1.807, 2.05) is 43.5 Å². The van der Waals surface area contributed by atoms with Crippen LogP contribution in [0.3, 0.4) is 0 Å². The number of Topliss-reactive ketones (excluding diaryl/α,β-unsaturated/α-hetero) is 1. The zero-order valence-corrected chi connectivity index (χ0v) is 18.5. The molecule has 0 aliphatic carbocycles. The second-order valence-corrected chi connectivity index (χ2v) is 8.48. The number of aryl methyl sites for hydroxylation is 1. The summed E-state index contributed by atoms with van der Waals surface area (Å²) in [6, 6.07) is 15.1. The highest BCUT2D eigenvalue weighted by molar-refractivity contribution is 7.10. The molecule has 31 heavy (non-hydrogen) atoms. The lowest BCUT2D eigenvalue weighted by molar-refractivity contribution is -0.132. The molecule has 0 bridgehead atoms. The average molecular weight is 454 g/mol. The fourth-order valence-electron chi connectivity index (χ4n) is 3.61. The van der Waals surface area contributed by atoms with Crippen molar-refractivity contribution in [1.29, 1.82) is 0 Å². The number of thiophene rings is 1. The molecule has 3 aromatic rings. The number of hydrogen-bond donors (Lipinski definition) is 1. The zero-order chi connectivity index (χ0) is 22.1. The van der Waals surface area contributed by atoms with Crippen molar-refractivity contribution in [3.8, 4) is 5.75 Å². The maximum atomic E-state index is 13.1. The number of anilines is 1. The number of rotatable bonds is 5. The molecule has 1 aliphatic heterocycles. The van der Waals surface area contributed by atoms with E-state index in [-0.39, 0.29) is 21.9 Å². The fourth-order valence-corrected chi connectivity index (χ4v) is 4.64. The predicted octanol–water partition coefficient (Wildman–Crippen LogP) is 5.73. The van der Waals surface area contributed by atoms with E-state index < -0.39 is 17.7 Å². The zero-order valence-electron chi connectivity index (χ0n) is 17.0. The number of carbonyl (C=O) groups is 2. The van der Waals surface area contributed by atoms with Crippen LogP contribution in [0.5, 0.6) is 5.75 Å². The lowest BCUT2D eigenvalue weighted by atomic mass is 9.99. The topological polar surface area (TPSA) is 66.8 Å². The van der Waals surface area contributed by atoms with Gasteiger partial charge in [0, 0.05) is 16.1 Å². The van der Waals surface area contributed by atoms with Gasteiger partial charge in [-0.25, -0.2) is 0 Å². The van der Waals surface area contributed by atoms with Crippen molar-refractivity contribution in [2.45, 2.75) is 19.9 Å². The van der Waals surface area contributed by atoms with Gasteiger partial charge in [-0.05, 0) is 55.6 Å². The molecule has 158 valence electrons. The number of carbonyl (C=O) groups excluding carboxylic acids is 2. The van der Waals surface area contributed by atoms with Gasteiger partial charge in [0.1, 0.15) is 17.6 Å². The molecule has 1 N–H and O–H groups in total. The molecule has 1 aromatic heterocycles. The van der Waals surface area contributed by atoms with Crippen LogP contribution in [0.4, 0.5) is 5.69 Å². The number of amides is 1. The second kappa shape index (κ2) is 8.57. The molecule has 0 saturated carbocycles. The van der Waals surface area contributed by atoms with E-state index in [1.54, 1.807) is 30.3 Å². The Morgan fingerprint density at radius 1 is 1.16 bits per heavy atom. The van der Waals surface area contributed by atoms with Gasteiger partial charge in [0.05, 0.1) is 17.2 Å². The minimum atomic E-state index is -0.755. The van der Waals surface area contributed by atoms with Crippen LogP contribution in [0.1, 0.15) is 29.0 Å². The molecule has 1 atom stereocenters. The first-order valence-electron chi connectivity index (χ1n) is 9.76. The maximum Gasteiger partial charge on any atom is 0.300 e. The van der Waals surface area contributed by atoms with E-state index >= 15 is 0 Å². The molecule has 1 saturated heterocycles. The van der Waals surface area contributed by atoms with E-state index in [2.05, 4.69) is 0 Å². The van der Waals surface area contributed by atoms with Crippen LogP contribution in [0, 0.1) is 6.92 Å². The van der Waals surface area contributed by atoms with Gasteiger partial charge in [-0.1, -0.05) is 35.4 Å². The lowest BCUT2D eigenvalue weighted by Crippen LogP contribution is -2.29. The Bertz CT molecular complexity index is 1170. The molecule has 4 rings (SSSR count). The third-order valence-electron chi connectivity index (χ3n) is 5.07. The first-order valence-corrected chi connectivity index (χ1v) is 11.0. The summed E-state index contributed by atoms with van der Waals surface area (Å²) in [4.78, 5) is 28.4. The Labute approximate surface area is 189 Å². The van der Waals surface area contributed by atoms with Crippen LogP contribution in [0.2, 0.25) is 5.02 Å². The van der Waals surface area contributed by atoms with Crippen molar-refractivity contribution in [2.24, 2.45) is 0 Å². The summed E-state index contributed by atoms with van der Waals surface area (Å²) in [6.45, 7) is 4.23. The highest BCUT2D eigenvalue weighted by atomic mass is 35.5. The molecule has 1 unspecified atom stereocenters. The summed E-state index contributed by atoms with van der Waals surface area (Å²) in [5.41, 5.74) is 1.87. The molecule has 2 heterocycles. The normalized spacial score (nSPS) is 17.9. The lowest BCUT2D eigenvalue weighted by Gasteiger charge is -2.24. The van der Waals surface area contributed by atoms with Crippen molar-refractivity contribution < 1.29 is 19.4 Å². The minimum Gasteiger partial charge on any atom is -0.507 e. The van der Waals surface area contributed by atoms with E-state index in [1.165, 1.54) is 16.2 Å². The molecule has 0 spiro atoms. The highest BCUT2D eigenvalue weighted by Gasteiger charge is 2.47. The molecule has 1 amide bonds. The summed E-state index contributed by atoms with van der Waals surface area (Å²) in [5, 5.41) is 13.3. The molecule has 0 radical (unpaired) electrons. The van der Waals surface area contributed by atoms with Crippen LogP contribution in [-0.4, -0.2) is 23.4 Å². The van der Waals surface area contributed by atoms with Gasteiger partial charge >= 0.3 is 0 Å². The van der Waals surface area contributed by atoms with Crippen LogP contribution in [-0.2, 0) is 9.59 Å². The monoisotopic (exact) mass is 453 g/mol. The molecule has 1 aliphatic rings. The quantitative estimate of drug-likeness (QED) is 0.304. The Kier molecular flexibility index (Phi) is 5.85. The smallest absolute Gasteiger partial charge is 0.300 e. The largest absolute Gasteiger partial charge is 0.507 e.